The van der Waals surface area contributed by atoms with Gasteiger partial charge in [0.2, 0.25) is 5.91 Å². The van der Waals surface area contributed by atoms with E-state index in [0.717, 1.165) is 6.42 Å². The third kappa shape index (κ3) is 4.30. The summed E-state index contributed by atoms with van der Waals surface area (Å²) in [7, 11) is 0. The summed E-state index contributed by atoms with van der Waals surface area (Å²) in [4.78, 5) is 11.8. The van der Waals surface area contributed by atoms with Crippen molar-refractivity contribution in [2.24, 2.45) is 17.6 Å². The second-order valence-corrected chi connectivity index (χ2v) is 5.15. The van der Waals surface area contributed by atoms with Crippen LogP contribution in [0.2, 0.25) is 0 Å². The van der Waals surface area contributed by atoms with Crippen molar-refractivity contribution in [3.05, 3.63) is 0 Å². The molecule has 1 aliphatic rings. The van der Waals surface area contributed by atoms with Gasteiger partial charge in [-0.05, 0) is 24.7 Å². The van der Waals surface area contributed by atoms with Crippen molar-refractivity contribution in [3.8, 4) is 0 Å². The van der Waals surface area contributed by atoms with Crippen LogP contribution < -0.4 is 11.1 Å². The normalized spacial score (nSPS) is 27.1. The van der Waals surface area contributed by atoms with E-state index < -0.39 is 0 Å². The molecule has 96 valence electrons. The van der Waals surface area contributed by atoms with E-state index in [9.17, 15) is 4.79 Å². The Bertz CT molecular complexity index is 221. The van der Waals surface area contributed by atoms with Crippen molar-refractivity contribution in [2.75, 3.05) is 0 Å². The summed E-state index contributed by atoms with van der Waals surface area (Å²) in [6.07, 6.45) is 4.86. The fraction of sp³-hybridized carbons (Fsp3) is 0.917. The molecule has 16 heavy (non-hydrogen) atoms. The molecule has 0 saturated heterocycles. The molecule has 0 radical (unpaired) electrons. The molecule has 1 fully saturated rings. The summed E-state index contributed by atoms with van der Waals surface area (Å²) in [5.74, 6) is 0.828. The molecule has 1 aliphatic carbocycles. The fourth-order valence-electron chi connectivity index (χ4n) is 2.11. The van der Waals surface area contributed by atoms with Gasteiger partial charge in [0.05, 0.1) is 6.04 Å². The zero-order valence-electron chi connectivity index (χ0n) is 10.5. The Morgan fingerprint density at radius 1 is 1.31 bits per heavy atom. The highest BCUT2D eigenvalue weighted by Gasteiger charge is 2.25. The Balaban J connectivity index is 0.00000225. The number of hydrogen-bond donors (Lipinski definition) is 2. The van der Waals surface area contributed by atoms with Crippen molar-refractivity contribution in [2.45, 2.75) is 58.5 Å². The summed E-state index contributed by atoms with van der Waals surface area (Å²) in [5, 5.41) is 3.09. The molecule has 0 heterocycles. The van der Waals surface area contributed by atoms with Crippen LogP contribution in [0.15, 0.2) is 0 Å². The van der Waals surface area contributed by atoms with E-state index in [1.165, 1.54) is 19.3 Å². The Labute approximate surface area is 105 Å². The molecular weight excluding hydrogens is 224 g/mol. The van der Waals surface area contributed by atoms with Crippen LogP contribution in [0.3, 0.4) is 0 Å². The maximum absolute atomic E-state index is 11.8. The second-order valence-electron chi connectivity index (χ2n) is 5.15. The number of rotatable bonds is 3. The molecular formula is C12H25ClN2O. The molecule has 1 amide bonds. The van der Waals surface area contributed by atoms with Crippen LogP contribution in [0.4, 0.5) is 0 Å². The molecule has 3 nitrogen and oxygen atoms in total. The van der Waals surface area contributed by atoms with Crippen LogP contribution in [0.1, 0.15) is 46.5 Å². The first-order valence-corrected chi connectivity index (χ1v) is 6.08. The number of carbonyl (C=O) groups is 1. The number of carbonyl (C=O) groups excluding carboxylic acids is 1. The maximum atomic E-state index is 11.8. The summed E-state index contributed by atoms with van der Waals surface area (Å²) in [6, 6.07) is -0.0184. The van der Waals surface area contributed by atoms with Crippen molar-refractivity contribution in [1.29, 1.82) is 0 Å². The molecule has 0 aliphatic heterocycles. The van der Waals surface area contributed by atoms with Gasteiger partial charge >= 0.3 is 0 Å². The van der Waals surface area contributed by atoms with E-state index in [0.29, 0.717) is 12.0 Å². The molecule has 1 saturated carbocycles. The van der Waals surface area contributed by atoms with Crippen molar-refractivity contribution < 1.29 is 4.79 Å². The van der Waals surface area contributed by atoms with Gasteiger partial charge in [-0.25, -0.2) is 0 Å². The Kier molecular flexibility index (Phi) is 7.00. The summed E-state index contributed by atoms with van der Waals surface area (Å²) in [6.45, 7) is 6.17. The highest BCUT2D eigenvalue weighted by Crippen LogP contribution is 2.23. The van der Waals surface area contributed by atoms with Gasteiger partial charge in [0.15, 0.2) is 0 Å². The first-order valence-electron chi connectivity index (χ1n) is 6.08. The fourth-order valence-corrected chi connectivity index (χ4v) is 2.11. The monoisotopic (exact) mass is 248 g/mol. The predicted octanol–water partition coefficient (Wildman–Crippen LogP) is 2.09. The number of nitrogens with two attached hydrogens (primary N) is 1. The highest BCUT2D eigenvalue weighted by atomic mass is 35.5. The van der Waals surface area contributed by atoms with Crippen LogP contribution in [0.25, 0.3) is 0 Å². The van der Waals surface area contributed by atoms with Crippen molar-refractivity contribution >= 4 is 18.3 Å². The predicted molar refractivity (Wildman–Crippen MR) is 69.6 cm³/mol. The smallest absolute Gasteiger partial charge is 0.237 e. The maximum Gasteiger partial charge on any atom is 0.237 e. The van der Waals surface area contributed by atoms with Gasteiger partial charge in [0, 0.05) is 6.04 Å². The molecule has 1 rings (SSSR count). The topological polar surface area (TPSA) is 55.1 Å². The molecule has 3 N–H and O–H groups in total. The van der Waals surface area contributed by atoms with Gasteiger partial charge < -0.3 is 11.1 Å². The van der Waals surface area contributed by atoms with E-state index in [4.69, 9.17) is 5.73 Å². The minimum atomic E-state index is -0.362. The summed E-state index contributed by atoms with van der Waals surface area (Å²) < 4.78 is 0. The molecule has 0 aromatic rings. The van der Waals surface area contributed by atoms with Gasteiger partial charge in [-0.2, -0.15) is 0 Å². The zero-order chi connectivity index (χ0) is 11.4. The lowest BCUT2D eigenvalue weighted by atomic mass is 9.85. The zero-order valence-corrected chi connectivity index (χ0v) is 11.3. The summed E-state index contributed by atoms with van der Waals surface area (Å²) in [5.41, 5.74) is 5.81. The lowest BCUT2D eigenvalue weighted by Gasteiger charge is -2.30. The largest absolute Gasteiger partial charge is 0.352 e. The summed E-state index contributed by atoms with van der Waals surface area (Å²) >= 11 is 0. The van der Waals surface area contributed by atoms with Gasteiger partial charge in [0.25, 0.3) is 0 Å². The van der Waals surface area contributed by atoms with Gasteiger partial charge in [-0.15, -0.1) is 12.4 Å². The third-order valence-corrected chi connectivity index (χ3v) is 3.46. The molecule has 4 heteroatoms. The van der Waals surface area contributed by atoms with E-state index in [-0.39, 0.29) is 30.3 Å². The van der Waals surface area contributed by atoms with E-state index in [1.54, 1.807) is 0 Å². The Morgan fingerprint density at radius 3 is 2.38 bits per heavy atom. The number of amides is 1. The van der Waals surface area contributed by atoms with Crippen molar-refractivity contribution in [1.82, 2.24) is 5.32 Å². The van der Waals surface area contributed by atoms with E-state index in [2.05, 4.69) is 12.2 Å². The van der Waals surface area contributed by atoms with Crippen LogP contribution in [-0.2, 0) is 4.79 Å². The molecule has 0 aromatic heterocycles. The SMILES string of the molecule is CC(C)C(N)C(=O)NC1CCCCC1C.Cl. The Morgan fingerprint density at radius 2 is 1.88 bits per heavy atom. The molecule has 0 spiro atoms. The van der Waals surface area contributed by atoms with E-state index in [1.807, 2.05) is 13.8 Å². The number of nitrogens with one attached hydrogen (secondary N) is 1. The average Bonchev–Trinajstić information content (AvgIpc) is 2.20. The highest BCUT2D eigenvalue weighted by molar-refractivity contribution is 5.85. The quantitative estimate of drug-likeness (QED) is 0.804. The van der Waals surface area contributed by atoms with Crippen LogP contribution >= 0.6 is 12.4 Å². The van der Waals surface area contributed by atoms with Gasteiger partial charge in [0.1, 0.15) is 0 Å². The van der Waals surface area contributed by atoms with Gasteiger partial charge in [-0.1, -0.05) is 33.6 Å². The molecule has 3 unspecified atom stereocenters. The van der Waals surface area contributed by atoms with E-state index >= 15 is 0 Å². The van der Waals surface area contributed by atoms with Crippen LogP contribution in [0, 0.1) is 11.8 Å². The Hall–Kier alpha value is -0.280. The molecule has 0 bridgehead atoms. The third-order valence-electron chi connectivity index (χ3n) is 3.46. The number of hydrogen-bond acceptors (Lipinski definition) is 2. The standard InChI is InChI=1S/C12H24N2O.ClH/c1-8(2)11(13)12(15)14-10-7-5-4-6-9(10)3;/h8-11H,4-7,13H2,1-3H3,(H,14,15);1H. The minimum absolute atomic E-state index is 0. The second kappa shape index (κ2) is 7.13. The molecule has 0 aromatic carbocycles. The number of halogens is 1. The average molecular weight is 249 g/mol. The van der Waals surface area contributed by atoms with Crippen LogP contribution in [-0.4, -0.2) is 18.0 Å². The minimum Gasteiger partial charge on any atom is -0.352 e. The van der Waals surface area contributed by atoms with Crippen molar-refractivity contribution in [3.63, 3.8) is 0 Å². The lowest BCUT2D eigenvalue weighted by molar-refractivity contribution is -0.124. The molecule has 3 atom stereocenters. The van der Waals surface area contributed by atoms with Gasteiger partial charge in [-0.3, -0.25) is 4.79 Å². The first-order chi connectivity index (χ1) is 7.02. The first kappa shape index (κ1) is 15.7. The lowest BCUT2D eigenvalue weighted by Crippen LogP contribution is -2.50. The van der Waals surface area contributed by atoms with Crippen LogP contribution in [0.5, 0.6) is 0 Å².